The summed E-state index contributed by atoms with van der Waals surface area (Å²) in [5.41, 5.74) is 3.43. The van der Waals surface area contributed by atoms with Crippen LogP contribution in [-0.2, 0) is 17.6 Å². The molecule has 1 aromatic heterocycles. The van der Waals surface area contributed by atoms with Gasteiger partial charge in [-0.15, -0.1) is 11.3 Å². The molecule has 0 aliphatic carbocycles. The molecule has 1 N–H and O–H groups in total. The molecule has 2 aromatic rings. The number of nitrogens with zero attached hydrogens (tertiary/aromatic N) is 3. The third-order valence-corrected chi connectivity index (χ3v) is 5.52. The molecular formula is C19H26N4OS. The van der Waals surface area contributed by atoms with Gasteiger partial charge in [0.15, 0.2) is 5.13 Å². The Morgan fingerprint density at radius 3 is 2.40 bits per heavy atom. The lowest BCUT2D eigenvalue weighted by Gasteiger charge is -2.34. The van der Waals surface area contributed by atoms with Crippen molar-refractivity contribution in [1.82, 2.24) is 9.88 Å². The molecule has 0 atom stereocenters. The monoisotopic (exact) mass is 358 g/mol. The minimum atomic E-state index is 0.0818. The molecule has 1 aliphatic heterocycles. The molecule has 1 aliphatic rings. The number of thiazole rings is 1. The van der Waals surface area contributed by atoms with Crippen LogP contribution >= 0.6 is 11.3 Å². The molecule has 0 bridgehead atoms. The fraction of sp³-hybridized carbons (Fsp3) is 0.474. The zero-order chi connectivity index (χ0) is 17.6. The van der Waals surface area contributed by atoms with Crippen molar-refractivity contribution in [3.8, 4) is 0 Å². The predicted molar refractivity (Wildman–Crippen MR) is 105 cm³/mol. The minimum absolute atomic E-state index is 0.0818. The molecule has 1 fully saturated rings. The molecule has 0 saturated carbocycles. The van der Waals surface area contributed by atoms with Gasteiger partial charge in [-0.05, 0) is 24.0 Å². The zero-order valence-electron chi connectivity index (χ0n) is 15.0. The molecule has 1 aromatic carbocycles. The van der Waals surface area contributed by atoms with Gasteiger partial charge < -0.3 is 10.2 Å². The molecule has 0 radical (unpaired) electrons. The fourth-order valence-electron chi connectivity index (χ4n) is 3.25. The molecule has 1 amide bonds. The highest BCUT2D eigenvalue weighted by Crippen LogP contribution is 2.23. The molecule has 1 saturated heterocycles. The van der Waals surface area contributed by atoms with Crippen LogP contribution in [0.25, 0.3) is 0 Å². The van der Waals surface area contributed by atoms with Gasteiger partial charge in [0.05, 0.1) is 6.54 Å². The van der Waals surface area contributed by atoms with E-state index in [9.17, 15) is 4.79 Å². The number of rotatable bonds is 6. The number of aromatic nitrogens is 1. The Hall–Kier alpha value is -1.92. The second kappa shape index (κ2) is 8.45. The van der Waals surface area contributed by atoms with Crippen molar-refractivity contribution in [2.24, 2.45) is 0 Å². The molecule has 2 heterocycles. The summed E-state index contributed by atoms with van der Waals surface area (Å²) in [6.45, 7) is 8.34. The van der Waals surface area contributed by atoms with Crippen LogP contribution in [0.4, 0.5) is 10.8 Å². The molecule has 5 nitrogen and oxygen atoms in total. The lowest BCUT2D eigenvalue weighted by Crippen LogP contribution is -2.48. The number of amides is 1. The van der Waals surface area contributed by atoms with Crippen LogP contribution in [0, 0.1) is 0 Å². The van der Waals surface area contributed by atoms with E-state index in [1.807, 2.05) is 11.6 Å². The number of hydrogen-bond donors (Lipinski definition) is 1. The quantitative estimate of drug-likeness (QED) is 0.862. The Bertz CT molecular complexity index is 671. The summed E-state index contributed by atoms with van der Waals surface area (Å²) in [6.07, 6.45) is 3.70. The predicted octanol–water partition coefficient (Wildman–Crippen LogP) is 3.03. The molecule has 0 spiro atoms. The van der Waals surface area contributed by atoms with Crippen LogP contribution in [0.2, 0.25) is 0 Å². The van der Waals surface area contributed by atoms with Gasteiger partial charge in [0.1, 0.15) is 0 Å². The molecular weight excluding hydrogens is 332 g/mol. The third-order valence-electron chi connectivity index (χ3n) is 4.69. The summed E-state index contributed by atoms with van der Waals surface area (Å²) in [4.78, 5) is 21.4. The van der Waals surface area contributed by atoms with Crippen molar-refractivity contribution < 1.29 is 4.79 Å². The van der Waals surface area contributed by atoms with E-state index in [2.05, 4.69) is 52.1 Å². The first kappa shape index (κ1) is 17.9. The highest BCUT2D eigenvalue weighted by molar-refractivity contribution is 7.13. The zero-order valence-corrected chi connectivity index (χ0v) is 15.8. The van der Waals surface area contributed by atoms with Gasteiger partial charge in [-0.2, -0.15) is 0 Å². The molecule has 3 rings (SSSR count). The number of carbonyl (C=O) groups excluding carboxylic acids is 1. The average molecular weight is 359 g/mol. The Balaban J connectivity index is 1.55. The normalized spacial score (nSPS) is 15.4. The van der Waals surface area contributed by atoms with E-state index in [1.165, 1.54) is 11.1 Å². The second-order valence-electron chi connectivity index (χ2n) is 6.28. The Kier molecular flexibility index (Phi) is 6.04. The van der Waals surface area contributed by atoms with Gasteiger partial charge >= 0.3 is 0 Å². The maximum Gasteiger partial charge on any atom is 0.238 e. The van der Waals surface area contributed by atoms with Crippen molar-refractivity contribution in [3.05, 3.63) is 40.9 Å². The summed E-state index contributed by atoms with van der Waals surface area (Å²) in [5, 5.41) is 6.25. The number of carbonyl (C=O) groups is 1. The van der Waals surface area contributed by atoms with Gasteiger partial charge in [0.2, 0.25) is 5.91 Å². The van der Waals surface area contributed by atoms with E-state index in [0.29, 0.717) is 6.54 Å². The van der Waals surface area contributed by atoms with Gasteiger partial charge in [0.25, 0.3) is 0 Å². The Labute approximate surface area is 153 Å². The van der Waals surface area contributed by atoms with Gasteiger partial charge in [-0.25, -0.2) is 4.98 Å². The fourth-order valence-corrected chi connectivity index (χ4v) is 3.95. The third kappa shape index (κ3) is 4.38. The number of para-hydroxylation sites is 1. The van der Waals surface area contributed by atoms with Crippen LogP contribution in [0.15, 0.2) is 29.8 Å². The van der Waals surface area contributed by atoms with Crippen LogP contribution in [0.1, 0.15) is 25.0 Å². The van der Waals surface area contributed by atoms with Crippen LogP contribution in [0.5, 0.6) is 0 Å². The number of nitrogens with one attached hydrogen (secondary N) is 1. The summed E-state index contributed by atoms with van der Waals surface area (Å²) >= 11 is 1.67. The number of piperazine rings is 1. The van der Waals surface area contributed by atoms with E-state index in [4.69, 9.17) is 0 Å². The summed E-state index contributed by atoms with van der Waals surface area (Å²) < 4.78 is 0. The van der Waals surface area contributed by atoms with Gasteiger partial charge in [0, 0.05) is 43.4 Å². The first-order valence-electron chi connectivity index (χ1n) is 8.98. The van der Waals surface area contributed by atoms with E-state index < -0.39 is 0 Å². The van der Waals surface area contributed by atoms with Crippen molar-refractivity contribution >= 4 is 28.1 Å². The maximum absolute atomic E-state index is 12.6. The minimum Gasteiger partial charge on any atom is -0.346 e. The lowest BCUT2D eigenvalue weighted by atomic mass is 10.0. The number of aryl methyl sites for hydroxylation is 2. The van der Waals surface area contributed by atoms with E-state index in [-0.39, 0.29) is 5.91 Å². The van der Waals surface area contributed by atoms with E-state index in [0.717, 1.165) is 49.8 Å². The standard InChI is InChI=1S/C19H26N4OS/c1-3-15-6-5-7-16(4-2)18(15)21-17(24)14-22-9-11-23(12-10-22)19-20-8-13-25-19/h5-8,13H,3-4,9-12,14H2,1-2H3,(H,21,24). The van der Waals surface area contributed by atoms with Gasteiger partial charge in [-0.3, -0.25) is 9.69 Å². The summed E-state index contributed by atoms with van der Waals surface area (Å²) in [7, 11) is 0. The molecule has 134 valence electrons. The number of anilines is 2. The first-order chi connectivity index (χ1) is 12.2. The van der Waals surface area contributed by atoms with Crippen molar-refractivity contribution in [1.29, 1.82) is 0 Å². The van der Waals surface area contributed by atoms with E-state index in [1.54, 1.807) is 11.3 Å². The maximum atomic E-state index is 12.6. The lowest BCUT2D eigenvalue weighted by molar-refractivity contribution is -0.117. The highest BCUT2D eigenvalue weighted by atomic mass is 32.1. The van der Waals surface area contributed by atoms with Crippen LogP contribution in [0.3, 0.4) is 0 Å². The molecule has 6 heteroatoms. The topological polar surface area (TPSA) is 48.5 Å². The molecule has 0 unspecified atom stereocenters. The first-order valence-corrected chi connectivity index (χ1v) is 9.86. The van der Waals surface area contributed by atoms with Crippen molar-refractivity contribution in [3.63, 3.8) is 0 Å². The van der Waals surface area contributed by atoms with Crippen LogP contribution in [-0.4, -0.2) is 48.5 Å². The highest BCUT2D eigenvalue weighted by Gasteiger charge is 2.21. The average Bonchev–Trinajstić information content (AvgIpc) is 3.17. The summed E-state index contributed by atoms with van der Waals surface area (Å²) in [5.74, 6) is 0.0818. The van der Waals surface area contributed by atoms with Crippen LogP contribution < -0.4 is 10.2 Å². The summed E-state index contributed by atoms with van der Waals surface area (Å²) in [6, 6.07) is 6.27. The largest absolute Gasteiger partial charge is 0.346 e. The number of benzene rings is 1. The molecule has 25 heavy (non-hydrogen) atoms. The SMILES string of the molecule is CCc1cccc(CC)c1NC(=O)CN1CCN(c2nccs2)CC1. The van der Waals surface area contributed by atoms with Crippen molar-refractivity contribution in [2.45, 2.75) is 26.7 Å². The Morgan fingerprint density at radius 1 is 1.16 bits per heavy atom. The van der Waals surface area contributed by atoms with Crippen molar-refractivity contribution in [2.75, 3.05) is 42.9 Å². The second-order valence-corrected chi connectivity index (χ2v) is 7.16. The number of hydrogen-bond acceptors (Lipinski definition) is 5. The Morgan fingerprint density at radius 2 is 1.84 bits per heavy atom. The smallest absolute Gasteiger partial charge is 0.238 e. The van der Waals surface area contributed by atoms with E-state index >= 15 is 0 Å². The van der Waals surface area contributed by atoms with Gasteiger partial charge in [-0.1, -0.05) is 32.0 Å².